The van der Waals surface area contributed by atoms with Gasteiger partial charge in [-0.05, 0) is 56.7 Å². The second kappa shape index (κ2) is 11.8. The highest BCUT2D eigenvalue weighted by Gasteiger charge is 2.34. The van der Waals surface area contributed by atoms with Crippen LogP contribution in [0.3, 0.4) is 0 Å². The number of halogens is 3. The topological polar surface area (TPSA) is 93.0 Å². The number of nitrogens with zero attached hydrogens (tertiary/aromatic N) is 3. The molecule has 41 heavy (non-hydrogen) atoms. The number of carbonyl (C=O) groups is 1. The van der Waals surface area contributed by atoms with E-state index in [1.165, 1.54) is 6.07 Å². The lowest BCUT2D eigenvalue weighted by Gasteiger charge is -2.38. The number of piperazine rings is 1. The van der Waals surface area contributed by atoms with Gasteiger partial charge in [0.2, 0.25) is 0 Å². The normalized spacial score (nSPS) is 20.2. The number of non-ortho nitro benzene ring substituents is 1. The number of benzene rings is 2. The number of aryl methyl sites for hydroxylation is 1. The second-order valence-corrected chi connectivity index (χ2v) is 11.8. The smallest absolute Gasteiger partial charge is 0.416 e. The third kappa shape index (κ3) is 6.70. The molecular weight excluding hydrogens is 559 g/mol. The van der Waals surface area contributed by atoms with Crippen LogP contribution in [0.4, 0.5) is 23.9 Å². The van der Waals surface area contributed by atoms with Crippen molar-refractivity contribution >= 4 is 38.1 Å². The Morgan fingerprint density at radius 2 is 1.78 bits per heavy atom. The van der Waals surface area contributed by atoms with Crippen LogP contribution in [0.25, 0.3) is 10.1 Å². The van der Waals surface area contributed by atoms with Crippen LogP contribution in [0.2, 0.25) is 0 Å². The largest absolute Gasteiger partial charge is 0.459 e. The molecule has 1 aliphatic carbocycles. The van der Waals surface area contributed by atoms with E-state index in [4.69, 9.17) is 4.74 Å². The fourth-order valence-electron chi connectivity index (χ4n) is 5.62. The van der Waals surface area contributed by atoms with Gasteiger partial charge in [-0.15, -0.1) is 11.3 Å². The minimum absolute atomic E-state index is 0.0483. The Labute approximate surface area is 238 Å². The third-order valence-corrected chi connectivity index (χ3v) is 9.06. The van der Waals surface area contributed by atoms with Crippen molar-refractivity contribution in [3.05, 3.63) is 79.5 Å². The van der Waals surface area contributed by atoms with Crippen molar-refractivity contribution < 1.29 is 27.6 Å². The molecule has 2 heterocycles. The lowest BCUT2D eigenvalue weighted by atomic mass is 9.87. The van der Waals surface area contributed by atoms with Crippen molar-refractivity contribution in [1.29, 1.82) is 0 Å². The Morgan fingerprint density at radius 1 is 1.07 bits per heavy atom. The summed E-state index contributed by atoms with van der Waals surface area (Å²) in [5.41, 5.74) is -0.996. The number of hydrogen-bond acceptors (Lipinski definition) is 8. The summed E-state index contributed by atoms with van der Waals surface area (Å²) in [6.45, 7) is 5.50. The Morgan fingerprint density at radius 3 is 2.41 bits per heavy atom. The van der Waals surface area contributed by atoms with Gasteiger partial charge in [-0.2, -0.15) is 13.2 Å². The summed E-state index contributed by atoms with van der Waals surface area (Å²) >= 11 is 0.980. The maximum atomic E-state index is 13.3. The number of esters is 1. The van der Waals surface area contributed by atoms with E-state index in [2.05, 4.69) is 4.90 Å². The van der Waals surface area contributed by atoms with Crippen molar-refractivity contribution in [2.24, 2.45) is 5.92 Å². The molecule has 1 aromatic heterocycles. The predicted molar refractivity (Wildman–Crippen MR) is 151 cm³/mol. The molecule has 0 amide bonds. The number of nitro groups is 1. The van der Waals surface area contributed by atoms with Gasteiger partial charge >= 0.3 is 12.1 Å². The summed E-state index contributed by atoms with van der Waals surface area (Å²) in [5, 5.41) is 11.8. The molecule has 3 aromatic rings. The zero-order chi connectivity index (χ0) is 29.3. The molecule has 2 aliphatic rings. The fourth-order valence-corrected chi connectivity index (χ4v) is 6.82. The summed E-state index contributed by atoms with van der Waals surface area (Å²) in [4.78, 5) is 40.3. The zero-order valence-electron chi connectivity index (χ0n) is 22.5. The molecule has 8 nitrogen and oxygen atoms in total. The van der Waals surface area contributed by atoms with E-state index in [-0.39, 0.29) is 22.2 Å². The molecule has 2 aromatic carbocycles. The summed E-state index contributed by atoms with van der Waals surface area (Å²) in [7, 11) is 0. The first kappa shape index (κ1) is 29.0. The first-order valence-corrected chi connectivity index (χ1v) is 14.4. The molecule has 1 saturated carbocycles. The number of rotatable bonds is 6. The Hall–Kier alpha value is -3.51. The number of carbonyl (C=O) groups excluding carboxylic acids is 1. The molecule has 0 spiro atoms. The Bertz CT molecular complexity index is 1510. The number of hydrogen-bond donors (Lipinski definition) is 0. The Kier molecular flexibility index (Phi) is 8.32. The van der Waals surface area contributed by atoms with Gasteiger partial charge in [0.1, 0.15) is 10.8 Å². The minimum Gasteiger partial charge on any atom is -0.459 e. The van der Waals surface area contributed by atoms with Crippen molar-refractivity contribution in [1.82, 2.24) is 4.90 Å². The predicted octanol–water partition coefficient (Wildman–Crippen LogP) is 6.03. The van der Waals surface area contributed by atoms with Crippen LogP contribution in [0, 0.1) is 23.0 Å². The molecule has 12 heteroatoms. The molecule has 5 rings (SSSR count). The van der Waals surface area contributed by atoms with Gasteiger partial charge in [-0.3, -0.25) is 19.8 Å². The van der Waals surface area contributed by atoms with Gasteiger partial charge in [-0.1, -0.05) is 17.7 Å². The molecule has 0 bridgehead atoms. The summed E-state index contributed by atoms with van der Waals surface area (Å²) in [6, 6.07) is 9.86. The van der Waals surface area contributed by atoms with Crippen molar-refractivity contribution in [3.63, 3.8) is 0 Å². The van der Waals surface area contributed by atoms with Gasteiger partial charge in [0, 0.05) is 50.2 Å². The fraction of sp³-hybridized carbons (Fsp3) is 0.448. The van der Waals surface area contributed by atoms with Gasteiger partial charge in [0.05, 0.1) is 21.1 Å². The summed E-state index contributed by atoms with van der Waals surface area (Å²) in [5.74, 6) is 0.202. The summed E-state index contributed by atoms with van der Waals surface area (Å²) in [6.07, 6.45) is -1.31. The zero-order valence-corrected chi connectivity index (χ0v) is 23.3. The number of fused-ring (bicyclic) bond motifs is 1. The average Bonchev–Trinajstić information content (AvgIpc) is 2.93. The first-order valence-electron chi connectivity index (χ1n) is 13.6. The highest BCUT2D eigenvalue weighted by molar-refractivity contribution is 7.22. The maximum absolute atomic E-state index is 13.3. The molecule has 0 unspecified atom stereocenters. The number of alkyl halides is 3. The average molecular weight is 590 g/mol. The van der Waals surface area contributed by atoms with Crippen LogP contribution in [0.1, 0.15) is 47.2 Å². The molecular formula is C29H30F3N3O5S. The molecule has 218 valence electrons. The van der Waals surface area contributed by atoms with Crippen LogP contribution in [-0.4, -0.2) is 54.6 Å². The van der Waals surface area contributed by atoms with Crippen molar-refractivity contribution in [2.75, 3.05) is 37.6 Å². The van der Waals surface area contributed by atoms with Gasteiger partial charge in [0.15, 0.2) is 5.43 Å². The van der Waals surface area contributed by atoms with Crippen molar-refractivity contribution in [3.8, 4) is 0 Å². The van der Waals surface area contributed by atoms with E-state index in [9.17, 15) is 32.9 Å². The highest BCUT2D eigenvalue weighted by atomic mass is 32.1. The van der Waals surface area contributed by atoms with Gasteiger partial charge in [0.25, 0.3) is 5.69 Å². The van der Waals surface area contributed by atoms with E-state index in [1.807, 2.05) is 30.0 Å². The quantitative estimate of drug-likeness (QED) is 0.197. The molecule has 0 N–H and O–H groups in total. The number of anilines is 1. The third-order valence-electron chi connectivity index (χ3n) is 7.84. The van der Waals surface area contributed by atoms with Crippen LogP contribution >= 0.6 is 11.3 Å². The van der Waals surface area contributed by atoms with Gasteiger partial charge in [-0.25, -0.2) is 4.79 Å². The highest BCUT2D eigenvalue weighted by Crippen LogP contribution is 2.39. The minimum atomic E-state index is -4.80. The number of nitro benzene ring substituents is 1. The van der Waals surface area contributed by atoms with Crippen molar-refractivity contribution in [2.45, 2.75) is 44.9 Å². The lowest BCUT2D eigenvalue weighted by Crippen LogP contribution is -2.48. The summed E-state index contributed by atoms with van der Waals surface area (Å²) < 4.78 is 45.5. The standard InChI is InChI=1S/C29H30F3N3O5S/c1-18-3-2-4-20(13-18)28(37)40-22-7-5-19(6-8-22)17-33-9-11-34(12-10-33)26-16-25(36)23-14-21(29(30,31)32)15-24(35(38)39)27(23)41-26/h2-4,13-16,19,22H,5-12,17H2,1H3. The van der Waals surface area contributed by atoms with E-state index in [1.54, 1.807) is 6.07 Å². The Balaban J connectivity index is 1.17. The van der Waals surface area contributed by atoms with Crippen LogP contribution in [-0.2, 0) is 10.9 Å². The van der Waals surface area contributed by atoms with E-state index in [0.29, 0.717) is 41.7 Å². The molecule has 0 atom stereocenters. The first-order chi connectivity index (χ1) is 19.5. The van der Waals surface area contributed by atoms with E-state index in [0.717, 1.165) is 62.2 Å². The van der Waals surface area contributed by atoms with Crippen LogP contribution in [0.5, 0.6) is 0 Å². The van der Waals surface area contributed by atoms with E-state index >= 15 is 0 Å². The van der Waals surface area contributed by atoms with Crippen LogP contribution < -0.4 is 10.3 Å². The lowest BCUT2D eigenvalue weighted by molar-refractivity contribution is -0.383. The van der Waals surface area contributed by atoms with Crippen LogP contribution in [0.15, 0.2) is 47.3 Å². The van der Waals surface area contributed by atoms with E-state index < -0.39 is 27.8 Å². The molecule has 2 fully saturated rings. The molecule has 1 aliphatic heterocycles. The SMILES string of the molecule is Cc1cccc(C(=O)OC2CCC(CN3CCN(c4cc(=O)c5cc(C(F)(F)F)cc([N+](=O)[O-])c5s4)CC3)CC2)c1. The second-order valence-electron chi connectivity index (χ2n) is 10.8. The monoisotopic (exact) mass is 589 g/mol. The molecule has 1 saturated heterocycles. The number of ether oxygens (including phenoxy) is 1. The molecule has 0 radical (unpaired) electrons. The van der Waals surface area contributed by atoms with Gasteiger partial charge < -0.3 is 9.64 Å². The maximum Gasteiger partial charge on any atom is 0.416 e.